The topological polar surface area (TPSA) is 83.1 Å². The highest BCUT2D eigenvalue weighted by Crippen LogP contribution is 2.17. The Morgan fingerprint density at radius 3 is 2.73 bits per heavy atom. The molecule has 0 atom stereocenters. The molecule has 1 aliphatic carbocycles. The fourth-order valence-corrected chi connectivity index (χ4v) is 3.22. The van der Waals surface area contributed by atoms with Crippen LogP contribution in [-0.4, -0.2) is 36.1 Å². The number of hydrogen-bond donors (Lipinski definition) is 3. The van der Waals surface area contributed by atoms with E-state index in [0.717, 1.165) is 23.5 Å². The van der Waals surface area contributed by atoms with Gasteiger partial charge >= 0.3 is 6.03 Å². The molecule has 0 saturated heterocycles. The van der Waals surface area contributed by atoms with Crippen LogP contribution >= 0.6 is 11.3 Å². The van der Waals surface area contributed by atoms with Crippen molar-refractivity contribution in [3.05, 3.63) is 16.1 Å². The van der Waals surface area contributed by atoms with Gasteiger partial charge in [0.25, 0.3) is 0 Å². The van der Waals surface area contributed by atoms with E-state index < -0.39 is 0 Å². The summed E-state index contributed by atoms with van der Waals surface area (Å²) in [5.74, 6) is -0.114. The van der Waals surface area contributed by atoms with Gasteiger partial charge in [0, 0.05) is 24.4 Å². The van der Waals surface area contributed by atoms with Crippen molar-refractivity contribution < 1.29 is 9.59 Å². The van der Waals surface area contributed by atoms with E-state index in [1.165, 1.54) is 19.3 Å². The number of hydrogen-bond acceptors (Lipinski definition) is 4. The second-order valence-electron chi connectivity index (χ2n) is 5.62. The minimum absolute atomic E-state index is 0.0259. The van der Waals surface area contributed by atoms with Crippen molar-refractivity contribution in [3.63, 3.8) is 0 Å². The lowest BCUT2D eigenvalue weighted by atomic mass is 9.95. The quantitative estimate of drug-likeness (QED) is 0.745. The summed E-state index contributed by atoms with van der Waals surface area (Å²) in [6, 6.07) is -0.0373. The zero-order valence-corrected chi connectivity index (χ0v) is 13.8. The normalized spacial score (nSPS) is 15.3. The highest BCUT2D eigenvalue weighted by molar-refractivity contribution is 7.09. The molecule has 1 saturated carbocycles. The third-order valence-electron chi connectivity index (χ3n) is 3.71. The molecule has 2 rings (SSSR count). The Morgan fingerprint density at radius 1 is 1.27 bits per heavy atom. The molecule has 1 aromatic rings. The molecule has 6 nitrogen and oxygen atoms in total. The van der Waals surface area contributed by atoms with Crippen molar-refractivity contribution in [2.45, 2.75) is 51.5 Å². The van der Waals surface area contributed by atoms with E-state index in [0.29, 0.717) is 13.0 Å². The lowest BCUT2D eigenvalue weighted by Gasteiger charge is -2.22. The average Bonchev–Trinajstić information content (AvgIpc) is 2.92. The molecule has 3 N–H and O–H groups in total. The summed E-state index contributed by atoms with van der Waals surface area (Å²) in [4.78, 5) is 27.7. The minimum atomic E-state index is -0.314. The second-order valence-corrected chi connectivity index (χ2v) is 6.68. The molecule has 1 aliphatic rings. The van der Waals surface area contributed by atoms with Crippen molar-refractivity contribution in [2.75, 3.05) is 13.1 Å². The zero-order chi connectivity index (χ0) is 15.8. The lowest BCUT2D eigenvalue weighted by Crippen LogP contribution is -2.45. The van der Waals surface area contributed by atoms with Gasteiger partial charge in [0.2, 0.25) is 5.91 Å². The van der Waals surface area contributed by atoms with Crippen LogP contribution in [0.3, 0.4) is 0 Å². The number of aryl methyl sites for hydroxylation is 1. The lowest BCUT2D eigenvalue weighted by molar-refractivity contribution is -0.121. The Morgan fingerprint density at radius 2 is 2.05 bits per heavy atom. The van der Waals surface area contributed by atoms with Gasteiger partial charge in [-0.25, -0.2) is 9.78 Å². The summed E-state index contributed by atoms with van der Waals surface area (Å²) in [5.41, 5.74) is 0.984. The maximum atomic E-state index is 11.8. The number of urea groups is 1. The minimum Gasteiger partial charge on any atom is -0.352 e. The molecule has 122 valence electrons. The summed E-state index contributed by atoms with van der Waals surface area (Å²) in [5, 5.41) is 11.3. The molecule has 0 bridgehead atoms. The predicted octanol–water partition coefficient (Wildman–Crippen LogP) is 1.74. The van der Waals surface area contributed by atoms with Gasteiger partial charge in [0.1, 0.15) is 0 Å². The second kappa shape index (κ2) is 8.73. The van der Waals surface area contributed by atoms with Crippen molar-refractivity contribution >= 4 is 23.3 Å². The van der Waals surface area contributed by atoms with Crippen LogP contribution in [-0.2, 0) is 11.2 Å². The van der Waals surface area contributed by atoms with Crippen LogP contribution in [0.15, 0.2) is 5.38 Å². The summed E-state index contributed by atoms with van der Waals surface area (Å²) in [6.07, 6.45) is 6.40. The van der Waals surface area contributed by atoms with E-state index in [9.17, 15) is 9.59 Å². The molecule has 7 heteroatoms. The molecule has 0 radical (unpaired) electrons. The first-order valence-corrected chi connectivity index (χ1v) is 8.73. The molecular weight excluding hydrogens is 300 g/mol. The number of nitrogens with one attached hydrogen (secondary N) is 3. The highest BCUT2D eigenvalue weighted by atomic mass is 32.1. The molecule has 0 spiro atoms. The van der Waals surface area contributed by atoms with E-state index in [1.807, 2.05) is 12.3 Å². The number of nitrogens with zero attached hydrogens (tertiary/aromatic N) is 1. The average molecular weight is 324 g/mol. The first kappa shape index (κ1) is 16.7. The first-order valence-electron chi connectivity index (χ1n) is 7.85. The Bertz CT molecular complexity index is 497. The van der Waals surface area contributed by atoms with E-state index in [-0.39, 0.29) is 24.5 Å². The SMILES string of the molecule is Cc1nc(CCNC(=O)NCC(=O)NC2CCCCC2)cs1. The first-order chi connectivity index (χ1) is 10.6. The van der Waals surface area contributed by atoms with Crippen molar-refractivity contribution in [1.82, 2.24) is 20.9 Å². The molecule has 1 aromatic heterocycles. The molecule has 3 amide bonds. The van der Waals surface area contributed by atoms with E-state index in [1.54, 1.807) is 11.3 Å². The van der Waals surface area contributed by atoms with Crippen LogP contribution in [0, 0.1) is 6.92 Å². The molecule has 0 unspecified atom stereocenters. The van der Waals surface area contributed by atoms with Crippen LogP contribution in [0.4, 0.5) is 4.79 Å². The standard InChI is InChI=1S/C15H24N4O2S/c1-11-18-13(10-22-11)7-8-16-15(21)17-9-14(20)19-12-5-3-2-4-6-12/h10,12H,2-9H2,1H3,(H,19,20)(H2,16,17,21). The van der Waals surface area contributed by atoms with Crippen LogP contribution in [0.1, 0.15) is 42.8 Å². The van der Waals surface area contributed by atoms with Crippen LogP contribution in [0.2, 0.25) is 0 Å². The van der Waals surface area contributed by atoms with E-state index in [2.05, 4.69) is 20.9 Å². The van der Waals surface area contributed by atoms with Crippen LogP contribution < -0.4 is 16.0 Å². The van der Waals surface area contributed by atoms with Crippen LogP contribution in [0.5, 0.6) is 0 Å². The molecule has 1 heterocycles. The van der Waals surface area contributed by atoms with Gasteiger partial charge in [-0.1, -0.05) is 19.3 Å². The number of rotatable bonds is 6. The summed E-state index contributed by atoms with van der Waals surface area (Å²) in [6.45, 7) is 2.50. The smallest absolute Gasteiger partial charge is 0.315 e. The van der Waals surface area contributed by atoms with E-state index >= 15 is 0 Å². The van der Waals surface area contributed by atoms with Gasteiger partial charge in [-0.05, 0) is 19.8 Å². The predicted molar refractivity (Wildman–Crippen MR) is 87.0 cm³/mol. The number of carbonyl (C=O) groups excluding carboxylic acids is 2. The number of amides is 3. The van der Waals surface area contributed by atoms with Crippen molar-refractivity contribution in [1.29, 1.82) is 0 Å². The van der Waals surface area contributed by atoms with Gasteiger partial charge in [0.15, 0.2) is 0 Å². The van der Waals surface area contributed by atoms with Crippen molar-refractivity contribution in [2.24, 2.45) is 0 Å². The number of carbonyl (C=O) groups is 2. The van der Waals surface area contributed by atoms with E-state index in [4.69, 9.17) is 0 Å². The van der Waals surface area contributed by atoms with Crippen molar-refractivity contribution in [3.8, 4) is 0 Å². The van der Waals surface area contributed by atoms with Gasteiger partial charge in [-0.15, -0.1) is 11.3 Å². The highest BCUT2D eigenvalue weighted by Gasteiger charge is 2.15. The summed E-state index contributed by atoms with van der Waals surface area (Å²) >= 11 is 1.60. The Labute approximate surface area is 135 Å². The van der Waals surface area contributed by atoms with Gasteiger partial charge in [0.05, 0.1) is 17.2 Å². The van der Waals surface area contributed by atoms with Crippen LogP contribution in [0.25, 0.3) is 0 Å². The number of aromatic nitrogens is 1. The monoisotopic (exact) mass is 324 g/mol. The zero-order valence-electron chi connectivity index (χ0n) is 13.0. The van der Waals surface area contributed by atoms with Gasteiger partial charge in [-0.3, -0.25) is 4.79 Å². The Hall–Kier alpha value is -1.63. The maximum Gasteiger partial charge on any atom is 0.315 e. The molecule has 1 fully saturated rings. The number of thiazole rings is 1. The fourth-order valence-electron chi connectivity index (χ4n) is 2.58. The molecule has 0 aliphatic heterocycles. The Kier molecular flexibility index (Phi) is 6.64. The molecular formula is C15H24N4O2S. The largest absolute Gasteiger partial charge is 0.352 e. The third kappa shape index (κ3) is 6.01. The summed E-state index contributed by atoms with van der Waals surface area (Å²) < 4.78 is 0. The maximum absolute atomic E-state index is 11.8. The molecule has 22 heavy (non-hydrogen) atoms. The van der Waals surface area contributed by atoms with Gasteiger partial charge in [-0.2, -0.15) is 0 Å². The summed E-state index contributed by atoms with van der Waals surface area (Å²) in [7, 11) is 0. The fraction of sp³-hybridized carbons (Fsp3) is 0.667. The Balaban J connectivity index is 1.55. The molecule has 0 aromatic carbocycles. The van der Waals surface area contributed by atoms with Gasteiger partial charge < -0.3 is 16.0 Å². The third-order valence-corrected chi connectivity index (χ3v) is 4.54.